The van der Waals surface area contributed by atoms with E-state index in [2.05, 4.69) is 5.32 Å². The van der Waals surface area contributed by atoms with Gasteiger partial charge < -0.3 is 31.7 Å². The van der Waals surface area contributed by atoms with Gasteiger partial charge in [-0.2, -0.15) is 26.3 Å². The molecular weight excluding hydrogens is 544 g/mol. The second kappa shape index (κ2) is 15.4. The smallest absolute Gasteiger partial charge is 0.490 e. The number of carboxylic acid groups (broad SMARTS) is 2. The fourth-order valence-corrected chi connectivity index (χ4v) is 2.12. The molecule has 9 N–H and O–H groups in total. The van der Waals surface area contributed by atoms with Crippen molar-refractivity contribution in [2.45, 2.75) is 18.8 Å². The Balaban J connectivity index is 0.000000848. The number of amides is 1. The number of carbonyl (C=O) groups is 3. The van der Waals surface area contributed by atoms with Crippen molar-refractivity contribution < 1.29 is 55.7 Å². The first kappa shape index (κ1) is 34.2. The Kier molecular flexibility index (Phi) is 13.5. The van der Waals surface area contributed by atoms with E-state index in [-0.39, 0.29) is 17.6 Å². The second-order valence-electron chi connectivity index (χ2n) is 7.00. The average molecular weight is 567 g/mol. The summed E-state index contributed by atoms with van der Waals surface area (Å²) in [5.41, 5.74) is 12.5. The van der Waals surface area contributed by atoms with E-state index in [4.69, 9.17) is 46.8 Å². The second-order valence-corrected chi connectivity index (χ2v) is 7.00. The molecule has 0 heterocycles. The summed E-state index contributed by atoms with van der Waals surface area (Å²) in [6.45, 7) is 0.907. The van der Waals surface area contributed by atoms with Crippen LogP contribution in [-0.2, 0) is 9.59 Å². The van der Waals surface area contributed by atoms with Gasteiger partial charge in [0.15, 0.2) is 0 Å². The van der Waals surface area contributed by atoms with Gasteiger partial charge >= 0.3 is 24.3 Å². The van der Waals surface area contributed by atoms with Crippen molar-refractivity contribution in [1.82, 2.24) is 5.32 Å². The van der Waals surface area contributed by atoms with Crippen molar-refractivity contribution in [3.63, 3.8) is 0 Å². The lowest BCUT2D eigenvalue weighted by atomic mass is 10.1. The molecule has 0 saturated heterocycles. The monoisotopic (exact) mass is 567 g/mol. The number of aliphatic carboxylic acids is 2. The predicted octanol–water partition coefficient (Wildman–Crippen LogP) is 2.72. The summed E-state index contributed by atoms with van der Waals surface area (Å²) >= 11 is 0. The van der Waals surface area contributed by atoms with Crippen molar-refractivity contribution in [2.24, 2.45) is 11.5 Å². The molecule has 17 heteroatoms. The number of benzene rings is 2. The van der Waals surface area contributed by atoms with E-state index < -0.39 is 24.3 Å². The number of rotatable bonds is 8. The minimum atomic E-state index is -5.08. The summed E-state index contributed by atoms with van der Waals surface area (Å²) in [5.74, 6) is -5.10. The highest BCUT2D eigenvalue weighted by Crippen LogP contribution is 2.14. The first-order valence-electron chi connectivity index (χ1n) is 10.3. The highest BCUT2D eigenvalue weighted by Gasteiger charge is 2.38. The van der Waals surface area contributed by atoms with Crippen LogP contribution in [-0.4, -0.2) is 65.2 Å². The zero-order chi connectivity index (χ0) is 30.4. The number of ether oxygens (including phenoxy) is 1. The molecule has 0 fully saturated rings. The molecule has 11 nitrogen and oxygen atoms in total. The van der Waals surface area contributed by atoms with Crippen LogP contribution in [0.3, 0.4) is 0 Å². The maximum atomic E-state index is 12.0. The molecule has 0 aromatic heterocycles. The average Bonchev–Trinajstić information content (AvgIpc) is 2.83. The van der Waals surface area contributed by atoms with Crippen molar-refractivity contribution in [2.75, 3.05) is 13.2 Å². The van der Waals surface area contributed by atoms with Gasteiger partial charge in [-0.1, -0.05) is 24.3 Å². The van der Waals surface area contributed by atoms with Crippen LogP contribution in [0.5, 0.6) is 5.75 Å². The van der Waals surface area contributed by atoms with Crippen molar-refractivity contribution in [3.05, 3.63) is 65.2 Å². The first-order valence-corrected chi connectivity index (χ1v) is 10.3. The normalized spacial score (nSPS) is 10.5. The third-order valence-electron chi connectivity index (χ3n) is 3.96. The van der Waals surface area contributed by atoms with E-state index in [0.717, 1.165) is 0 Å². The molecule has 0 spiro atoms. The van der Waals surface area contributed by atoms with Crippen LogP contribution in [0.25, 0.3) is 0 Å². The Morgan fingerprint density at radius 3 is 1.64 bits per heavy atom. The highest BCUT2D eigenvalue weighted by molar-refractivity contribution is 5.98. The molecule has 0 aliphatic rings. The van der Waals surface area contributed by atoms with Crippen LogP contribution in [0.2, 0.25) is 0 Å². The van der Waals surface area contributed by atoms with Crippen LogP contribution in [0.4, 0.5) is 26.3 Å². The van der Waals surface area contributed by atoms with Crippen LogP contribution < -0.4 is 21.5 Å². The lowest BCUT2D eigenvalue weighted by molar-refractivity contribution is -0.193. The van der Waals surface area contributed by atoms with Gasteiger partial charge in [0, 0.05) is 23.2 Å². The van der Waals surface area contributed by atoms with E-state index >= 15 is 0 Å². The molecule has 0 bridgehead atoms. The number of nitrogens with one attached hydrogen (secondary N) is 3. The van der Waals surface area contributed by atoms with Gasteiger partial charge in [0.25, 0.3) is 5.91 Å². The van der Waals surface area contributed by atoms with Gasteiger partial charge in [0.1, 0.15) is 17.4 Å². The molecule has 0 radical (unpaired) electrons. The van der Waals surface area contributed by atoms with Crippen molar-refractivity contribution in [1.29, 1.82) is 10.8 Å². The van der Waals surface area contributed by atoms with Gasteiger partial charge in [0.05, 0.1) is 6.61 Å². The zero-order valence-electron chi connectivity index (χ0n) is 19.7. The summed E-state index contributed by atoms with van der Waals surface area (Å²) < 4.78 is 69.1. The van der Waals surface area contributed by atoms with Crippen LogP contribution in [0, 0.1) is 10.8 Å². The molecule has 0 unspecified atom stereocenters. The van der Waals surface area contributed by atoms with Crippen molar-refractivity contribution >= 4 is 29.5 Å². The molecule has 1 amide bonds. The summed E-state index contributed by atoms with van der Waals surface area (Å²) in [6.07, 6.45) is -9.53. The Bertz CT molecular complexity index is 1130. The summed E-state index contributed by atoms with van der Waals surface area (Å²) in [7, 11) is 0. The molecule has 0 aliphatic heterocycles. The number of carbonyl (C=O) groups excluding carboxylic acids is 1. The number of halogens is 6. The quantitative estimate of drug-likeness (QED) is 0.109. The first-order chi connectivity index (χ1) is 17.9. The summed E-state index contributed by atoms with van der Waals surface area (Å²) in [5, 5.41) is 31.8. The number of hydrogen-bond acceptors (Lipinski definition) is 6. The van der Waals surface area contributed by atoms with E-state index in [1.807, 2.05) is 0 Å². The maximum Gasteiger partial charge on any atom is 0.490 e. The Morgan fingerprint density at radius 1 is 0.795 bits per heavy atom. The number of nitrogens with two attached hydrogens (primary N) is 2. The maximum absolute atomic E-state index is 12.0. The Morgan fingerprint density at radius 2 is 1.23 bits per heavy atom. The molecule has 0 atom stereocenters. The highest BCUT2D eigenvalue weighted by atomic mass is 19.4. The van der Waals surface area contributed by atoms with Crippen LogP contribution in [0.15, 0.2) is 48.5 Å². The standard InChI is InChI=1S/C18H21N5O2.2C2HF3O2/c19-16(20)12-5-7-13(8-6-12)18(24)23-9-2-10-25-15-4-1-3-14(11-15)17(21)22;2*3-2(4,5)1(6)7/h1,3-8,11H,2,9-10H2,(H3,19,20)(H3,21,22)(H,23,24);2*(H,6,7). The van der Waals surface area contributed by atoms with Gasteiger partial charge in [-0.15, -0.1) is 0 Å². The fourth-order valence-electron chi connectivity index (χ4n) is 2.12. The number of carboxylic acids is 2. The van der Waals surface area contributed by atoms with E-state index in [0.29, 0.717) is 42.0 Å². The zero-order valence-corrected chi connectivity index (χ0v) is 19.7. The third-order valence-corrected chi connectivity index (χ3v) is 3.96. The predicted molar refractivity (Wildman–Crippen MR) is 125 cm³/mol. The van der Waals surface area contributed by atoms with E-state index in [1.165, 1.54) is 0 Å². The minimum Gasteiger partial charge on any atom is -0.494 e. The van der Waals surface area contributed by atoms with Gasteiger partial charge in [-0.25, -0.2) is 9.59 Å². The van der Waals surface area contributed by atoms with E-state index in [1.54, 1.807) is 48.5 Å². The van der Waals surface area contributed by atoms with Gasteiger partial charge in [0.2, 0.25) is 0 Å². The summed E-state index contributed by atoms with van der Waals surface area (Å²) in [4.78, 5) is 29.8. The molecule has 2 rings (SSSR count). The fraction of sp³-hybridized carbons (Fsp3) is 0.227. The molecule has 0 saturated carbocycles. The summed E-state index contributed by atoms with van der Waals surface area (Å²) in [6, 6.07) is 13.6. The molecule has 0 aliphatic carbocycles. The number of nitrogen functional groups attached to an aromatic ring is 2. The largest absolute Gasteiger partial charge is 0.494 e. The lowest BCUT2D eigenvalue weighted by Crippen LogP contribution is -2.25. The number of alkyl halides is 6. The van der Waals surface area contributed by atoms with Crippen molar-refractivity contribution in [3.8, 4) is 5.75 Å². The van der Waals surface area contributed by atoms with Gasteiger partial charge in [-0.3, -0.25) is 15.6 Å². The number of hydrogen-bond donors (Lipinski definition) is 7. The molecule has 214 valence electrons. The Hall–Kier alpha value is -4.83. The van der Waals surface area contributed by atoms with Crippen LogP contribution in [0.1, 0.15) is 27.9 Å². The molecule has 2 aromatic rings. The van der Waals surface area contributed by atoms with E-state index in [9.17, 15) is 31.1 Å². The minimum absolute atomic E-state index is 0.00601. The molecular formula is C22H23F6N5O6. The Labute approximate surface area is 216 Å². The SMILES string of the molecule is N=C(N)c1ccc(C(=O)NCCCOc2cccc(C(=N)N)c2)cc1.O=C(O)C(F)(F)F.O=C(O)C(F)(F)F. The topological polar surface area (TPSA) is 213 Å². The van der Waals surface area contributed by atoms with Gasteiger partial charge in [-0.05, 0) is 30.7 Å². The third kappa shape index (κ3) is 14.5. The number of amidine groups is 2. The van der Waals surface area contributed by atoms with Crippen LogP contribution >= 0.6 is 0 Å². The molecule has 39 heavy (non-hydrogen) atoms. The lowest BCUT2D eigenvalue weighted by Gasteiger charge is -2.09. The molecule has 2 aromatic carbocycles.